The van der Waals surface area contributed by atoms with Crippen LogP contribution in [0.5, 0.6) is 5.75 Å². The van der Waals surface area contributed by atoms with Gasteiger partial charge in [0.2, 0.25) is 5.91 Å². The number of hydrogen-bond donors (Lipinski definition) is 1. The molecule has 0 aliphatic carbocycles. The minimum atomic E-state index is -0.780. The molecule has 5 nitrogen and oxygen atoms in total. The van der Waals surface area contributed by atoms with E-state index in [1.807, 2.05) is 31.2 Å². The zero-order chi connectivity index (χ0) is 24.9. The van der Waals surface area contributed by atoms with E-state index in [2.05, 4.69) is 5.32 Å². The Labute approximate surface area is 203 Å². The number of halogens is 2. The zero-order valence-electron chi connectivity index (χ0n) is 19.8. The summed E-state index contributed by atoms with van der Waals surface area (Å²) in [6.45, 7) is 4.26. The molecule has 1 aliphatic rings. The highest BCUT2D eigenvalue weighted by atomic mass is 19.1. The Kier molecular flexibility index (Phi) is 7.44. The van der Waals surface area contributed by atoms with E-state index in [4.69, 9.17) is 4.74 Å². The van der Waals surface area contributed by atoms with Gasteiger partial charge in [-0.25, -0.2) is 8.78 Å². The third-order valence-electron chi connectivity index (χ3n) is 6.19. The summed E-state index contributed by atoms with van der Waals surface area (Å²) >= 11 is 0. The monoisotopic (exact) mass is 478 g/mol. The van der Waals surface area contributed by atoms with E-state index in [9.17, 15) is 18.4 Å². The lowest BCUT2D eigenvalue weighted by molar-refractivity contribution is -0.133. The number of carbonyl (C=O) groups excluding carboxylic acids is 2. The van der Waals surface area contributed by atoms with Gasteiger partial charge in [-0.3, -0.25) is 9.59 Å². The number of nitrogens with zero attached hydrogens (tertiary/aromatic N) is 1. The maximum absolute atomic E-state index is 14.1. The van der Waals surface area contributed by atoms with Crippen molar-refractivity contribution >= 4 is 11.8 Å². The Hall–Kier alpha value is -3.74. The molecule has 1 heterocycles. The number of rotatable bonds is 7. The van der Waals surface area contributed by atoms with Gasteiger partial charge < -0.3 is 15.0 Å². The van der Waals surface area contributed by atoms with E-state index in [-0.39, 0.29) is 30.0 Å². The van der Waals surface area contributed by atoms with E-state index in [1.165, 1.54) is 24.3 Å². The summed E-state index contributed by atoms with van der Waals surface area (Å²) in [4.78, 5) is 27.1. The molecule has 3 aromatic rings. The number of amides is 2. The second-order valence-corrected chi connectivity index (χ2v) is 8.61. The van der Waals surface area contributed by atoms with Crippen molar-refractivity contribution in [1.82, 2.24) is 10.2 Å². The second-order valence-electron chi connectivity index (χ2n) is 8.61. The number of fused-ring (bicyclic) bond motifs is 1. The predicted octanol–water partition coefficient (Wildman–Crippen LogP) is 4.93. The Morgan fingerprint density at radius 3 is 2.54 bits per heavy atom. The van der Waals surface area contributed by atoms with Crippen LogP contribution in [0.25, 0.3) is 0 Å². The van der Waals surface area contributed by atoms with Crippen LogP contribution in [0.1, 0.15) is 48.6 Å². The first kappa shape index (κ1) is 24.4. The molecule has 0 spiro atoms. The summed E-state index contributed by atoms with van der Waals surface area (Å²) in [5.74, 6) is -0.529. The van der Waals surface area contributed by atoms with E-state index < -0.39 is 12.1 Å². The fraction of sp³-hybridized carbons (Fsp3) is 0.286. The molecule has 2 amide bonds. The third kappa shape index (κ3) is 5.67. The molecule has 0 bridgehead atoms. The quantitative estimate of drug-likeness (QED) is 0.524. The second kappa shape index (κ2) is 10.7. The highest BCUT2D eigenvalue weighted by molar-refractivity contribution is 5.80. The van der Waals surface area contributed by atoms with E-state index in [1.54, 1.807) is 30.0 Å². The minimum absolute atomic E-state index is 0.00947. The van der Waals surface area contributed by atoms with Crippen molar-refractivity contribution in [3.8, 4) is 5.75 Å². The lowest BCUT2D eigenvalue weighted by atomic mass is 9.87. The van der Waals surface area contributed by atoms with Crippen molar-refractivity contribution in [2.45, 2.75) is 45.4 Å². The number of hydrogen-bond acceptors (Lipinski definition) is 3. The highest BCUT2D eigenvalue weighted by Gasteiger charge is 2.32. The molecule has 0 aromatic heterocycles. The third-order valence-corrected chi connectivity index (χ3v) is 6.19. The zero-order valence-corrected chi connectivity index (χ0v) is 19.8. The van der Waals surface area contributed by atoms with Crippen LogP contribution in [0, 0.1) is 11.6 Å². The lowest BCUT2D eigenvalue weighted by Gasteiger charge is -2.38. The van der Waals surface area contributed by atoms with Crippen molar-refractivity contribution in [3.63, 3.8) is 0 Å². The van der Waals surface area contributed by atoms with Crippen LogP contribution in [0.2, 0.25) is 0 Å². The number of benzene rings is 3. The average molecular weight is 479 g/mol. The van der Waals surface area contributed by atoms with Gasteiger partial charge in [-0.05, 0) is 72.0 Å². The summed E-state index contributed by atoms with van der Waals surface area (Å²) < 4.78 is 33.1. The molecule has 0 saturated heterocycles. The van der Waals surface area contributed by atoms with Gasteiger partial charge in [0.1, 0.15) is 17.4 Å². The Balaban J connectivity index is 1.54. The number of ether oxygens (including phenoxy) is 1. The van der Waals surface area contributed by atoms with Gasteiger partial charge in [0.05, 0.1) is 6.04 Å². The van der Waals surface area contributed by atoms with Crippen LogP contribution in [0.4, 0.5) is 8.78 Å². The standard InChI is InChI=1S/C28H28F2N2O3/c1-3-26(33)32-14-13-20-9-12-24(16-25(20)27(32)21-5-4-6-23(30)15-21)35-18(2)28(34)31-17-19-7-10-22(29)11-8-19/h4-12,15-16,18,27H,3,13-14,17H2,1-2H3,(H,31,34). The molecule has 2 atom stereocenters. The Morgan fingerprint density at radius 2 is 1.83 bits per heavy atom. The normalized spacial score (nSPS) is 15.8. The molecule has 0 fully saturated rings. The van der Waals surface area contributed by atoms with Crippen LogP contribution in [0.15, 0.2) is 66.7 Å². The molecule has 7 heteroatoms. The molecular weight excluding hydrogens is 450 g/mol. The SMILES string of the molecule is CCC(=O)N1CCc2ccc(OC(C)C(=O)NCc3ccc(F)cc3)cc2C1c1cccc(F)c1. The van der Waals surface area contributed by atoms with Gasteiger partial charge in [0, 0.05) is 19.5 Å². The first-order chi connectivity index (χ1) is 16.9. The fourth-order valence-electron chi connectivity index (χ4n) is 4.37. The van der Waals surface area contributed by atoms with Crippen molar-refractivity contribution in [2.75, 3.05) is 6.54 Å². The fourth-order valence-corrected chi connectivity index (χ4v) is 4.37. The molecule has 4 rings (SSSR count). The largest absolute Gasteiger partial charge is 0.481 e. The average Bonchev–Trinajstić information content (AvgIpc) is 2.86. The van der Waals surface area contributed by atoms with Crippen LogP contribution >= 0.6 is 0 Å². The highest BCUT2D eigenvalue weighted by Crippen LogP contribution is 2.37. The molecule has 0 saturated carbocycles. The summed E-state index contributed by atoms with van der Waals surface area (Å²) in [5.41, 5.74) is 3.38. The summed E-state index contributed by atoms with van der Waals surface area (Å²) in [6, 6.07) is 17.3. The van der Waals surface area contributed by atoms with E-state index >= 15 is 0 Å². The van der Waals surface area contributed by atoms with Gasteiger partial charge in [0.25, 0.3) is 5.91 Å². The van der Waals surface area contributed by atoms with Crippen LogP contribution < -0.4 is 10.1 Å². The Morgan fingerprint density at radius 1 is 1.06 bits per heavy atom. The molecule has 35 heavy (non-hydrogen) atoms. The first-order valence-corrected chi connectivity index (χ1v) is 11.7. The molecule has 1 N–H and O–H groups in total. The maximum Gasteiger partial charge on any atom is 0.261 e. The summed E-state index contributed by atoms with van der Waals surface area (Å²) in [5, 5.41) is 2.79. The maximum atomic E-state index is 14.1. The molecule has 182 valence electrons. The molecule has 0 radical (unpaired) electrons. The first-order valence-electron chi connectivity index (χ1n) is 11.7. The summed E-state index contributed by atoms with van der Waals surface area (Å²) in [6.07, 6.45) is 0.252. The van der Waals surface area contributed by atoms with Gasteiger partial charge in [-0.2, -0.15) is 0 Å². The lowest BCUT2D eigenvalue weighted by Crippen LogP contribution is -2.40. The predicted molar refractivity (Wildman–Crippen MR) is 129 cm³/mol. The van der Waals surface area contributed by atoms with Crippen molar-refractivity contribution in [3.05, 3.63) is 101 Å². The van der Waals surface area contributed by atoms with Crippen molar-refractivity contribution < 1.29 is 23.1 Å². The van der Waals surface area contributed by atoms with Gasteiger partial charge in [-0.1, -0.05) is 37.3 Å². The molecule has 2 unspecified atom stereocenters. The van der Waals surface area contributed by atoms with E-state index in [0.29, 0.717) is 30.7 Å². The van der Waals surface area contributed by atoms with E-state index in [0.717, 1.165) is 16.7 Å². The smallest absolute Gasteiger partial charge is 0.261 e. The topological polar surface area (TPSA) is 58.6 Å². The van der Waals surface area contributed by atoms with Gasteiger partial charge >= 0.3 is 0 Å². The van der Waals surface area contributed by atoms with Crippen molar-refractivity contribution in [1.29, 1.82) is 0 Å². The van der Waals surface area contributed by atoms with Gasteiger partial charge in [0.15, 0.2) is 6.10 Å². The van der Waals surface area contributed by atoms with Crippen molar-refractivity contribution in [2.24, 2.45) is 0 Å². The number of carbonyl (C=O) groups is 2. The van der Waals surface area contributed by atoms with Crippen LogP contribution in [-0.2, 0) is 22.6 Å². The molecule has 1 aliphatic heterocycles. The van der Waals surface area contributed by atoms with Crippen LogP contribution in [0.3, 0.4) is 0 Å². The number of nitrogens with one attached hydrogen (secondary N) is 1. The van der Waals surface area contributed by atoms with Gasteiger partial charge in [-0.15, -0.1) is 0 Å². The van der Waals surface area contributed by atoms with Crippen LogP contribution in [-0.4, -0.2) is 29.4 Å². The molecular formula is C28H28F2N2O3. The Bertz CT molecular complexity index is 1210. The summed E-state index contributed by atoms with van der Waals surface area (Å²) in [7, 11) is 0. The molecule has 3 aromatic carbocycles. The minimum Gasteiger partial charge on any atom is -0.481 e.